The van der Waals surface area contributed by atoms with Crippen molar-refractivity contribution >= 4 is 5.78 Å². The molecule has 0 aromatic heterocycles. The van der Waals surface area contributed by atoms with E-state index < -0.39 is 0 Å². The van der Waals surface area contributed by atoms with E-state index in [9.17, 15) is 4.79 Å². The van der Waals surface area contributed by atoms with Gasteiger partial charge in [-0.2, -0.15) is 0 Å². The first-order chi connectivity index (χ1) is 15.6. The van der Waals surface area contributed by atoms with E-state index in [4.69, 9.17) is 9.47 Å². The molecule has 5 heteroatoms. The van der Waals surface area contributed by atoms with E-state index in [-0.39, 0.29) is 5.78 Å². The normalized spacial score (nSPS) is 20.2. The lowest BCUT2D eigenvalue weighted by Crippen LogP contribution is -2.35. The number of rotatable bonds is 8. The molecule has 2 aromatic carbocycles. The van der Waals surface area contributed by atoms with Gasteiger partial charge in [-0.05, 0) is 77.8 Å². The predicted molar refractivity (Wildman–Crippen MR) is 127 cm³/mol. The molecule has 3 aliphatic rings. The molecule has 2 saturated heterocycles. The fraction of sp³-hybridized carbons (Fsp3) is 0.519. The van der Waals surface area contributed by atoms with Crippen molar-refractivity contribution in [3.8, 4) is 22.6 Å². The van der Waals surface area contributed by atoms with E-state index in [0.29, 0.717) is 36.6 Å². The highest BCUT2D eigenvalue weighted by molar-refractivity contribution is 6.24. The molecule has 0 N–H and O–H groups in total. The van der Waals surface area contributed by atoms with Crippen LogP contribution in [0, 0.1) is 0 Å². The molecule has 32 heavy (non-hydrogen) atoms. The van der Waals surface area contributed by atoms with Gasteiger partial charge in [0.2, 0.25) is 0 Å². The van der Waals surface area contributed by atoms with Crippen LogP contribution in [0.3, 0.4) is 0 Å². The number of hydrogen-bond donors (Lipinski definition) is 0. The van der Waals surface area contributed by atoms with Crippen LogP contribution >= 0.6 is 0 Å². The van der Waals surface area contributed by atoms with Crippen LogP contribution in [0.25, 0.3) is 11.1 Å². The molecule has 0 radical (unpaired) electrons. The van der Waals surface area contributed by atoms with Gasteiger partial charge in [-0.15, -0.1) is 0 Å². The van der Waals surface area contributed by atoms with Crippen molar-refractivity contribution in [1.82, 2.24) is 9.80 Å². The minimum absolute atomic E-state index is 0.0393. The molecule has 0 saturated carbocycles. The number of fused-ring (bicyclic) bond motifs is 3. The molecular formula is C27H34N2O3. The zero-order valence-corrected chi connectivity index (χ0v) is 19.3. The summed E-state index contributed by atoms with van der Waals surface area (Å²) < 4.78 is 12.5. The molecule has 0 amide bonds. The number of carbonyl (C=O) groups excluding carboxylic acids is 1. The SMILES string of the molecule is CC(COc1cccc2c1C(=O)c1cccc(OCC(C)N3CCCC3)c1-2)N1CCCC1. The van der Waals surface area contributed by atoms with Crippen LogP contribution in [0.1, 0.15) is 55.5 Å². The van der Waals surface area contributed by atoms with Gasteiger partial charge >= 0.3 is 0 Å². The molecule has 2 heterocycles. The summed E-state index contributed by atoms with van der Waals surface area (Å²) in [6.07, 6.45) is 5.06. The molecular weight excluding hydrogens is 400 g/mol. The molecule has 2 aromatic rings. The van der Waals surface area contributed by atoms with Crippen molar-refractivity contribution in [2.75, 3.05) is 39.4 Å². The zero-order valence-electron chi connectivity index (χ0n) is 19.3. The van der Waals surface area contributed by atoms with E-state index in [0.717, 1.165) is 48.6 Å². The number of carbonyl (C=O) groups is 1. The van der Waals surface area contributed by atoms with Crippen LogP contribution in [0.2, 0.25) is 0 Å². The first-order valence-electron chi connectivity index (χ1n) is 12.2. The summed E-state index contributed by atoms with van der Waals surface area (Å²) in [5, 5.41) is 0. The zero-order chi connectivity index (χ0) is 22.1. The second kappa shape index (κ2) is 9.24. The van der Waals surface area contributed by atoms with Crippen molar-refractivity contribution in [3.63, 3.8) is 0 Å². The molecule has 170 valence electrons. The van der Waals surface area contributed by atoms with Gasteiger partial charge in [0.15, 0.2) is 5.78 Å². The van der Waals surface area contributed by atoms with Crippen molar-refractivity contribution in [3.05, 3.63) is 47.5 Å². The second-order valence-electron chi connectivity index (χ2n) is 9.49. The maximum absolute atomic E-state index is 13.4. The summed E-state index contributed by atoms with van der Waals surface area (Å²) in [4.78, 5) is 18.3. The Hall–Kier alpha value is -2.37. The number of likely N-dealkylation sites (tertiary alicyclic amines) is 2. The Morgan fingerprint density at radius 2 is 1.19 bits per heavy atom. The van der Waals surface area contributed by atoms with Crippen LogP contribution < -0.4 is 9.47 Å². The lowest BCUT2D eigenvalue weighted by Gasteiger charge is -2.24. The predicted octanol–water partition coefficient (Wildman–Crippen LogP) is 4.62. The summed E-state index contributed by atoms with van der Waals surface area (Å²) >= 11 is 0. The van der Waals surface area contributed by atoms with Gasteiger partial charge in [-0.3, -0.25) is 14.6 Å². The third-order valence-corrected chi connectivity index (χ3v) is 7.28. The second-order valence-corrected chi connectivity index (χ2v) is 9.49. The molecule has 2 unspecified atom stereocenters. The first kappa shape index (κ1) is 21.5. The van der Waals surface area contributed by atoms with Gasteiger partial charge in [0.1, 0.15) is 24.7 Å². The van der Waals surface area contributed by atoms with Crippen molar-refractivity contribution in [2.45, 2.75) is 51.6 Å². The highest BCUT2D eigenvalue weighted by atomic mass is 16.5. The van der Waals surface area contributed by atoms with Crippen LogP contribution in [0.15, 0.2) is 36.4 Å². The number of benzene rings is 2. The fourth-order valence-corrected chi connectivity index (χ4v) is 5.34. The van der Waals surface area contributed by atoms with E-state index in [2.05, 4.69) is 23.6 Å². The molecule has 2 atom stereocenters. The average molecular weight is 435 g/mol. The lowest BCUT2D eigenvalue weighted by atomic mass is 10.0. The molecule has 2 aliphatic heterocycles. The Kier molecular flexibility index (Phi) is 6.20. The number of ketones is 1. The van der Waals surface area contributed by atoms with Gasteiger partial charge < -0.3 is 9.47 Å². The van der Waals surface area contributed by atoms with Crippen molar-refractivity contribution in [2.24, 2.45) is 0 Å². The minimum Gasteiger partial charge on any atom is -0.491 e. The molecule has 5 rings (SSSR count). The quantitative estimate of drug-likeness (QED) is 0.517. The third kappa shape index (κ3) is 4.04. The molecule has 0 bridgehead atoms. The number of ether oxygens (including phenoxy) is 2. The van der Waals surface area contributed by atoms with Crippen LogP contribution in [0.4, 0.5) is 0 Å². The van der Waals surface area contributed by atoms with Crippen LogP contribution in [-0.2, 0) is 0 Å². The van der Waals surface area contributed by atoms with Gasteiger partial charge in [0.25, 0.3) is 0 Å². The molecule has 2 fully saturated rings. The Balaban J connectivity index is 1.35. The largest absolute Gasteiger partial charge is 0.491 e. The number of nitrogens with zero attached hydrogens (tertiary/aromatic N) is 2. The van der Waals surface area contributed by atoms with E-state index in [1.165, 1.54) is 25.7 Å². The third-order valence-electron chi connectivity index (χ3n) is 7.28. The molecule has 0 spiro atoms. The van der Waals surface area contributed by atoms with E-state index in [1.54, 1.807) is 0 Å². The Morgan fingerprint density at radius 1 is 0.719 bits per heavy atom. The van der Waals surface area contributed by atoms with Crippen LogP contribution in [0.5, 0.6) is 11.5 Å². The topological polar surface area (TPSA) is 42.0 Å². The highest BCUT2D eigenvalue weighted by Crippen LogP contribution is 2.45. The summed E-state index contributed by atoms with van der Waals surface area (Å²) in [5.41, 5.74) is 3.25. The Bertz CT molecular complexity index is 977. The standard InChI is InChI=1S/C27H34N2O3/c1-19(28-13-3-4-14-28)17-31-23-11-8-10-22-25(23)21-9-7-12-24(26(21)27(22)30)32-18-20(2)29-15-5-6-16-29/h7-12,19-20H,3-6,13-18H2,1-2H3. The Morgan fingerprint density at radius 3 is 1.72 bits per heavy atom. The van der Waals surface area contributed by atoms with E-state index >= 15 is 0 Å². The highest BCUT2D eigenvalue weighted by Gasteiger charge is 2.33. The van der Waals surface area contributed by atoms with Gasteiger partial charge in [-0.1, -0.05) is 24.3 Å². The summed E-state index contributed by atoms with van der Waals surface area (Å²) in [6.45, 7) is 10.2. The van der Waals surface area contributed by atoms with Crippen LogP contribution in [-0.4, -0.2) is 67.1 Å². The summed E-state index contributed by atoms with van der Waals surface area (Å²) in [6, 6.07) is 12.5. The lowest BCUT2D eigenvalue weighted by molar-refractivity contribution is 0.103. The molecule has 5 nitrogen and oxygen atoms in total. The maximum Gasteiger partial charge on any atom is 0.198 e. The monoisotopic (exact) mass is 434 g/mol. The molecule has 1 aliphatic carbocycles. The average Bonchev–Trinajstić information content (AvgIpc) is 3.58. The summed E-state index contributed by atoms with van der Waals surface area (Å²) in [7, 11) is 0. The van der Waals surface area contributed by atoms with Gasteiger partial charge in [-0.25, -0.2) is 0 Å². The summed E-state index contributed by atoms with van der Waals surface area (Å²) in [5.74, 6) is 1.52. The van der Waals surface area contributed by atoms with Gasteiger partial charge in [0, 0.05) is 28.8 Å². The fourth-order valence-electron chi connectivity index (χ4n) is 5.34. The Labute approximate surface area is 191 Å². The maximum atomic E-state index is 13.4. The van der Waals surface area contributed by atoms with Crippen molar-refractivity contribution < 1.29 is 14.3 Å². The first-order valence-corrected chi connectivity index (χ1v) is 12.2. The minimum atomic E-state index is 0.0393. The number of hydrogen-bond acceptors (Lipinski definition) is 5. The van der Waals surface area contributed by atoms with Crippen molar-refractivity contribution in [1.29, 1.82) is 0 Å². The van der Waals surface area contributed by atoms with Gasteiger partial charge in [0.05, 0.1) is 5.56 Å². The van der Waals surface area contributed by atoms with E-state index in [1.807, 2.05) is 36.4 Å². The smallest absolute Gasteiger partial charge is 0.198 e.